The van der Waals surface area contributed by atoms with Crippen molar-refractivity contribution < 1.29 is 9.59 Å². The quantitative estimate of drug-likeness (QED) is 0.313. The number of thioether (sulfide) groups is 2. The summed E-state index contributed by atoms with van der Waals surface area (Å²) >= 11 is 4.18. The summed E-state index contributed by atoms with van der Waals surface area (Å²) in [7, 11) is 0. The van der Waals surface area contributed by atoms with E-state index in [9.17, 15) is 9.59 Å². The Balaban J connectivity index is 1.48. The maximum Gasteiger partial charge on any atom is 0.244 e. The third-order valence-corrected chi connectivity index (χ3v) is 8.31. The molecule has 4 rings (SSSR count). The van der Waals surface area contributed by atoms with Crippen molar-refractivity contribution in [1.82, 2.24) is 9.36 Å². The summed E-state index contributed by atoms with van der Waals surface area (Å²) in [5.41, 5.74) is 1.66. The highest BCUT2D eigenvalue weighted by molar-refractivity contribution is 8.00. The van der Waals surface area contributed by atoms with Crippen molar-refractivity contribution in [2.75, 3.05) is 16.4 Å². The molecular formula is C25H28N4O2S3. The van der Waals surface area contributed by atoms with Crippen molar-refractivity contribution in [2.45, 2.75) is 54.3 Å². The van der Waals surface area contributed by atoms with Crippen LogP contribution in [0.4, 0.5) is 10.8 Å². The first kappa shape index (κ1) is 24.8. The number of aromatic nitrogens is 2. The molecule has 0 aliphatic heterocycles. The van der Waals surface area contributed by atoms with Crippen LogP contribution in [0, 0.1) is 5.92 Å². The van der Waals surface area contributed by atoms with Gasteiger partial charge in [0.1, 0.15) is 5.25 Å². The number of hydrogen-bond acceptors (Lipinski definition) is 7. The molecule has 3 aromatic rings. The number of rotatable bonds is 9. The van der Waals surface area contributed by atoms with Gasteiger partial charge in [-0.2, -0.15) is 9.36 Å². The number of anilines is 2. The molecule has 6 nitrogen and oxygen atoms in total. The van der Waals surface area contributed by atoms with Gasteiger partial charge in [0.2, 0.25) is 22.1 Å². The molecule has 1 heterocycles. The van der Waals surface area contributed by atoms with Gasteiger partial charge < -0.3 is 5.32 Å². The monoisotopic (exact) mass is 512 g/mol. The second-order valence-electron chi connectivity index (χ2n) is 8.06. The smallest absolute Gasteiger partial charge is 0.244 e. The maximum atomic E-state index is 13.3. The number of amides is 2. The summed E-state index contributed by atoms with van der Waals surface area (Å²) in [6.45, 7) is 2.04. The topological polar surface area (TPSA) is 84.0 Å². The van der Waals surface area contributed by atoms with Gasteiger partial charge in [-0.15, -0.1) is 11.8 Å². The van der Waals surface area contributed by atoms with Crippen molar-refractivity contribution in [3.63, 3.8) is 0 Å². The Kier molecular flexibility index (Phi) is 9.01. The molecule has 1 aromatic heterocycles. The second-order valence-corrected chi connectivity index (χ2v) is 11.2. The molecule has 0 spiro atoms. The largest absolute Gasteiger partial charge is 0.326 e. The molecule has 0 bridgehead atoms. The lowest BCUT2D eigenvalue weighted by Gasteiger charge is -2.21. The lowest BCUT2D eigenvalue weighted by molar-refractivity contribution is -0.120. The minimum Gasteiger partial charge on any atom is -0.326 e. The molecule has 1 aliphatic rings. The van der Waals surface area contributed by atoms with Crippen LogP contribution in [0.3, 0.4) is 0 Å². The van der Waals surface area contributed by atoms with E-state index in [1.165, 1.54) is 29.7 Å². The Morgan fingerprint density at radius 2 is 1.85 bits per heavy atom. The van der Waals surface area contributed by atoms with Crippen LogP contribution in [0.25, 0.3) is 0 Å². The third-order valence-electron chi connectivity index (χ3n) is 5.58. The van der Waals surface area contributed by atoms with Gasteiger partial charge in [-0.1, -0.05) is 74.3 Å². The molecule has 34 heavy (non-hydrogen) atoms. The van der Waals surface area contributed by atoms with E-state index >= 15 is 0 Å². The molecule has 1 aliphatic carbocycles. The molecule has 9 heteroatoms. The fraction of sp³-hybridized carbons (Fsp3) is 0.360. The van der Waals surface area contributed by atoms with Gasteiger partial charge in [0.25, 0.3) is 0 Å². The molecule has 2 N–H and O–H groups in total. The number of nitrogens with one attached hydrogen (secondary N) is 2. The van der Waals surface area contributed by atoms with E-state index in [1.54, 1.807) is 11.8 Å². The zero-order chi connectivity index (χ0) is 23.8. The minimum absolute atomic E-state index is 0.0931. The standard InChI is InChI=1S/C25H28N4O2S3/c1-2-32-25-28-24(34-29-25)27-23(31)21(17-10-5-3-6-11-17)33-20-15-9-14-19(16-20)26-22(30)18-12-7-4-8-13-18/h3,5-6,9-11,14-16,18,21H,2,4,7-8,12-13H2,1H3,(H,26,30)(H,27,28,29,31). The molecule has 2 aromatic carbocycles. The van der Waals surface area contributed by atoms with Crippen molar-refractivity contribution in [3.8, 4) is 0 Å². The predicted octanol–water partition coefficient (Wildman–Crippen LogP) is 6.64. The SMILES string of the molecule is CCSc1nsc(NC(=O)C(Sc2cccc(NC(=O)C3CCCCC3)c2)c2ccccc2)n1. The molecule has 1 atom stereocenters. The molecule has 0 radical (unpaired) electrons. The number of hydrogen-bond donors (Lipinski definition) is 2. The van der Waals surface area contributed by atoms with Crippen LogP contribution in [0.15, 0.2) is 64.6 Å². The lowest BCUT2D eigenvalue weighted by atomic mass is 9.88. The summed E-state index contributed by atoms with van der Waals surface area (Å²) in [5, 5.41) is 6.70. The van der Waals surface area contributed by atoms with Gasteiger partial charge in [0.15, 0.2) is 0 Å². The second kappa shape index (κ2) is 12.4. The van der Waals surface area contributed by atoms with E-state index in [-0.39, 0.29) is 17.7 Å². The molecule has 0 saturated heterocycles. The highest BCUT2D eigenvalue weighted by Gasteiger charge is 2.24. The molecule has 178 valence electrons. The van der Waals surface area contributed by atoms with Gasteiger partial charge in [-0.3, -0.25) is 14.9 Å². The van der Waals surface area contributed by atoms with Crippen LogP contribution < -0.4 is 10.6 Å². The molecule has 1 unspecified atom stereocenters. The van der Waals surface area contributed by atoms with E-state index in [4.69, 9.17) is 0 Å². The Morgan fingerprint density at radius 1 is 1.06 bits per heavy atom. The third kappa shape index (κ3) is 6.84. The van der Waals surface area contributed by atoms with Crippen LogP contribution >= 0.6 is 35.1 Å². The number of nitrogens with zero attached hydrogens (tertiary/aromatic N) is 2. The average molecular weight is 513 g/mol. The van der Waals surface area contributed by atoms with Crippen molar-refractivity contribution in [3.05, 3.63) is 60.2 Å². The van der Waals surface area contributed by atoms with Crippen LogP contribution in [0.1, 0.15) is 49.8 Å². The van der Waals surface area contributed by atoms with Crippen molar-refractivity contribution >= 4 is 57.7 Å². The normalized spacial score (nSPS) is 15.0. The Labute approximate surface area is 212 Å². The zero-order valence-electron chi connectivity index (χ0n) is 19.0. The first-order valence-electron chi connectivity index (χ1n) is 11.5. The summed E-state index contributed by atoms with van der Waals surface area (Å²) in [6, 6.07) is 17.4. The highest BCUT2D eigenvalue weighted by atomic mass is 32.2. The van der Waals surface area contributed by atoms with E-state index in [1.807, 2.05) is 61.5 Å². The summed E-state index contributed by atoms with van der Waals surface area (Å²) in [4.78, 5) is 31.3. The predicted molar refractivity (Wildman–Crippen MR) is 142 cm³/mol. The lowest BCUT2D eigenvalue weighted by Crippen LogP contribution is -2.24. The van der Waals surface area contributed by atoms with Gasteiger partial charge in [-0.25, -0.2) is 0 Å². The first-order valence-corrected chi connectivity index (χ1v) is 14.2. The highest BCUT2D eigenvalue weighted by Crippen LogP contribution is 2.37. The molecular weight excluding hydrogens is 485 g/mol. The zero-order valence-corrected chi connectivity index (χ0v) is 21.5. The van der Waals surface area contributed by atoms with E-state index in [2.05, 4.69) is 20.0 Å². The molecule has 1 fully saturated rings. The number of benzene rings is 2. The summed E-state index contributed by atoms with van der Waals surface area (Å²) in [5.74, 6) is 0.907. The minimum atomic E-state index is -0.475. The number of carbonyl (C=O) groups excluding carboxylic acids is 2. The van der Waals surface area contributed by atoms with Gasteiger partial charge in [0, 0.05) is 28.0 Å². The Hall–Kier alpha value is -2.36. The van der Waals surface area contributed by atoms with Crippen LogP contribution in [-0.4, -0.2) is 26.9 Å². The van der Waals surface area contributed by atoms with Crippen molar-refractivity contribution in [1.29, 1.82) is 0 Å². The van der Waals surface area contributed by atoms with Crippen LogP contribution in [-0.2, 0) is 9.59 Å². The number of carbonyl (C=O) groups is 2. The van der Waals surface area contributed by atoms with E-state index < -0.39 is 5.25 Å². The van der Waals surface area contributed by atoms with Crippen molar-refractivity contribution in [2.24, 2.45) is 5.92 Å². The average Bonchev–Trinajstić information content (AvgIpc) is 3.30. The van der Waals surface area contributed by atoms with Crippen LogP contribution in [0.5, 0.6) is 0 Å². The van der Waals surface area contributed by atoms with E-state index in [0.717, 1.165) is 47.6 Å². The Bertz CT molecular complexity index is 1100. The first-order chi connectivity index (χ1) is 16.6. The van der Waals surface area contributed by atoms with Gasteiger partial charge >= 0.3 is 0 Å². The van der Waals surface area contributed by atoms with Gasteiger partial charge in [-0.05, 0) is 42.4 Å². The van der Waals surface area contributed by atoms with Gasteiger partial charge in [0.05, 0.1) is 0 Å². The fourth-order valence-electron chi connectivity index (χ4n) is 3.91. The summed E-state index contributed by atoms with van der Waals surface area (Å²) < 4.78 is 4.28. The molecule has 1 saturated carbocycles. The fourth-order valence-corrected chi connectivity index (χ4v) is 6.27. The molecule has 2 amide bonds. The maximum absolute atomic E-state index is 13.3. The summed E-state index contributed by atoms with van der Waals surface area (Å²) in [6.07, 6.45) is 5.38. The van der Waals surface area contributed by atoms with Crippen LogP contribution in [0.2, 0.25) is 0 Å². The van der Waals surface area contributed by atoms with E-state index in [0.29, 0.717) is 10.3 Å². The Morgan fingerprint density at radius 3 is 2.62 bits per heavy atom.